The Morgan fingerprint density at radius 3 is 2.69 bits per heavy atom. The Bertz CT molecular complexity index is 1370. The molecule has 4 aromatic rings. The van der Waals surface area contributed by atoms with Crippen LogP contribution in [-0.4, -0.2) is 15.6 Å². The molecule has 5 heteroatoms. The van der Waals surface area contributed by atoms with Crippen molar-refractivity contribution in [3.63, 3.8) is 0 Å². The molecule has 146 valence electrons. The molecule has 2 aliphatic rings. The van der Waals surface area contributed by atoms with Crippen molar-refractivity contribution >= 4 is 22.0 Å². The molecule has 0 aliphatic heterocycles. The Hall–Kier alpha value is -2.92. The fourth-order valence-corrected chi connectivity index (χ4v) is 4.98. The van der Waals surface area contributed by atoms with Gasteiger partial charge in [-0.3, -0.25) is 4.79 Å². The maximum Gasteiger partial charge on any atom is 0.281 e. The fourth-order valence-electron chi connectivity index (χ4n) is 4.98. The number of nitrogens with two attached hydrogens (primary N) is 1. The van der Waals surface area contributed by atoms with Crippen LogP contribution in [0.2, 0.25) is 0 Å². The minimum atomic E-state index is -0.0352. The lowest BCUT2D eigenvalue weighted by atomic mass is 9.95. The number of oxazole rings is 1. The minimum absolute atomic E-state index is 0.0352. The van der Waals surface area contributed by atoms with E-state index in [1.807, 2.05) is 4.57 Å². The maximum atomic E-state index is 13.3. The number of aryl methyl sites for hydroxylation is 2. The zero-order chi connectivity index (χ0) is 19.9. The largest absolute Gasteiger partial charge is 0.440 e. The van der Waals surface area contributed by atoms with Crippen molar-refractivity contribution in [1.29, 1.82) is 0 Å². The van der Waals surface area contributed by atoms with Crippen LogP contribution in [0.3, 0.4) is 0 Å². The first kappa shape index (κ1) is 17.0. The number of rotatable bonds is 2. The molecule has 2 aromatic heterocycles. The highest BCUT2D eigenvalue weighted by molar-refractivity contribution is 6.04. The molecule has 0 amide bonds. The summed E-state index contributed by atoms with van der Waals surface area (Å²) in [5.74, 6) is 0.531. The average Bonchev–Trinajstić information content (AvgIpc) is 3.33. The number of hydrogen-bond acceptors (Lipinski definition) is 4. The molecule has 2 N–H and O–H groups in total. The fraction of sp³-hybridized carbons (Fsp3) is 0.333. The Morgan fingerprint density at radius 2 is 1.90 bits per heavy atom. The summed E-state index contributed by atoms with van der Waals surface area (Å²) >= 11 is 0. The summed E-state index contributed by atoms with van der Waals surface area (Å²) in [6.45, 7) is 3.91. The van der Waals surface area contributed by atoms with Crippen LogP contribution >= 0.6 is 0 Å². The molecule has 29 heavy (non-hydrogen) atoms. The van der Waals surface area contributed by atoms with Gasteiger partial charge in [-0.1, -0.05) is 24.3 Å². The van der Waals surface area contributed by atoms with Crippen LogP contribution in [0.4, 0.5) is 0 Å². The normalized spacial score (nSPS) is 18.7. The quantitative estimate of drug-likeness (QED) is 0.561. The summed E-state index contributed by atoms with van der Waals surface area (Å²) in [5, 5.41) is 0.969. The van der Waals surface area contributed by atoms with Crippen LogP contribution in [0.1, 0.15) is 41.5 Å². The Labute approximate surface area is 168 Å². The molecule has 6 rings (SSSR count). The smallest absolute Gasteiger partial charge is 0.281 e. The van der Waals surface area contributed by atoms with Crippen molar-refractivity contribution in [1.82, 2.24) is 9.55 Å². The molecule has 5 nitrogen and oxygen atoms in total. The highest BCUT2D eigenvalue weighted by Crippen LogP contribution is 2.40. The van der Waals surface area contributed by atoms with Crippen molar-refractivity contribution < 1.29 is 4.42 Å². The van der Waals surface area contributed by atoms with Gasteiger partial charge in [-0.2, -0.15) is 0 Å². The third-order valence-electron chi connectivity index (χ3n) is 6.47. The molecular formula is C24H23N3O2. The zero-order valence-corrected chi connectivity index (χ0v) is 16.7. The number of aromatic nitrogens is 2. The monoisotopic (exact) mass is 385 g/mol. The van der Waals surface area contributed by atoms with Crippen molar-refractivity contribution in [2.45, 2.75) is 51.6 Å². The van der Waals surface area contributed by atoms with Gasteiger partial charge in [0.05, 0.1) is 5.52 Å². The summed E-state index contributed by atoms with van der Waals surface area (Å²) in [6.07, 6.45) is 3.96. The van der Waals surface area contributed by atoms with Gasteiger partial charge in [0.15, 0.2) is 17.0 Å². The van der Waals surface area contributed by atoms with E-state index in [4.69, 9.17) is 10.2 Å². The Morgan fingerprint density at radius 1 is 1.10 bits per heavy atom. The van der Waals surface area contributed by atoms with Crippen LogP contribution in [0.25, 0.3) is 33.1 Å². The van der Waals surface area contributed by atoms with E-state index in [2.05, 4.69) is 42.2 Å². The third kappa shape index (κ3) is 2.43. The lowest BCUT2D eigenvalue weighted by Crippen LogP contribution is -2.20. The van der Waals surface area contributed by atoms with Crippen LogP contribution in [0.15, 0.2) is 39.5 Å². The lowest BCUT2D eigenvalue weighted by Gasteiger charge is -2.16. The molecular weight excluding hydrogens is 362 g/mol. The molecule has 2 heterocycles. The number of benzene rings is 2. The van der Waals surface area contributed by atoms with E-state index < -0.39 is 0 Å². The second-order valence-electron chi connectivity index (χ2n) is 8.60. The lowest BCUT2D eigenvalue weighted by molar-refractivity contribution is 0.563. The van der Waals surface area contributed by atoms with Crippen molar-refractivity contribution in [2.24, 2.45) is 5.73 Å². The highest BCUT2D eigenvalue weighted by Gasteiger charge is 2.30. The number of pyridine rings is 1. The second-order valence-corrected chi connectivity index (χ2v) is 8.60. The molecule has 0 saturated heterocycles. The summed E-state index contributed by atoms with van der Waals surface area (Å²) in [6, 6.07) is 11.4. The molecule has 1 atom stereocenters. The predicted octanol–water partition coefficient (Wildman–Crippen LogP) is 4.19. The second kappa shape index (κ2) is 5.80. The van der Waals surface area contributed by atoms with Gasteiger partial charge in [-0.05, 0) is 66.5 Å². The van der Waals surface area contributed by atoms with Gasteiger partial charge in [0.2, 0.25) is 0 Å². The molecule has 1 fully saturated rings. The van der Waals surface area contributed by atoms with E-state index >= 15 is 0 Å². The maximum absolute atomic E-state index is 13.3. The van der Waals surface area contributed by atoms with Gasteiger partial charge >= 0.3 is 0 Å². The highest BCUT2D eigenvalue weighted by atomic mass is 16.3. The number of hydrogen-bond donors (Lipinski definition) is 1. The Kier molecular flexibility index (Phi) is 3.40. The van der Waals surface area contributed by atoms with Crippen LogP contribution in [-0.2, 0) is 12.8 Å². The summed E-state index contributed by atoms with van der Waals surface area (Å²) < 4.78 is 7.81. The number of nitrogens with zero attached hydrogens (tertiary/aromatic N) is 2. The average molecular weight is 385 g/mol. The van der Waals surface area contributed by atoms with E-state index in [0.717, 1.165) is 47.7 Å². The Balaban J connectivity index is 1.66. The standard InChI is InChI=1S/C24H23N3O2/c1-12-19(15-4-3-14-10-17(25)11-16(14)9-15)7-8-20-22(12)27(18-5-6-18)24(28)21-23(20)29-13(2)26-21/h3-4,7-9,17-18H,5-6,10-11,25H2,1-2H3. The van der Waals surface area contributed by atoms with Gasteiger partial charge in [0, 0.05) is 24.4 Å². The minimum Gasteiger partial charge on any atom is -0.440 e. The van der Waals surface area contributed by atoms with Crippen molar-refractivity contribution in [3.05, 3.63) is 63.3 Å². The molecule has 0 radical (unpaired) electrons. The van der Waals surface area contributed by atoms with Gasteiger partial charge in [0.25, 0.3) is 5.56 Å². The summed E-state index contributed by atoms with van der Waals surface area (Å²) in [4.78, 5) is 17.6. The van der Waals surface area contributed by atoms with Gasteiger partial charge < -0.3 is 14.7 Å². The molecule has 1 unspecified atom stereocenters. The van der Waals surface area contributed by atoms with Crippen LogP contribution in [0.5, 0.6) is 0 Å². The first-order valence-corrected chi connectivity index (χ1v) is 10.3. The zero-order valence-electron chi connectivity index (χ0n) is 16.7. The number of fused-ring (bicyclic) bond motifs is 4. The predicted molar refractivity (Wildman–Crippen MR) is 114 cm³/mol. The van der Waals surface area contributed by atoms with Crippen LogP contribution < -0.4 is 11.3 Å². The van der Waals surface area contributed by atoms with E-state index in [9.17, 15) is 4.79 Å². The molecule has 1 saturated carbocycles. The van der Waals surface area contributed by atoms with Gasteiger partial charge in [-0.25, -0.2) is 4.98 Å². The summed E-state index contributed by atoms with van der Waals surface area (Å²) in [5.41, 5.74) is 14.3. The molecule has 2 aromatic carbocycles. The van der Waals surface area contributed by atoms with Gasteiger partial charge in [0.1, 0.15) is 0 Å². The topological polar surface area (TPSA) is 74.0 Å². The van der Waals surface area contributed by atoms with E-state index in [0.29, 0.717) is 17.0 Å². The van der Waals surface area contributed by atoms with Gasteiger partial charge in [-0.15, -0.1) is 0 Å². The van der Waals surface area contributed by atoms with E-state index in [-0.39, 0.29) is 17.6 Å². The SMILES string of the molecule is Cc1nc2c(=O)n(C3CC3)c3c(C)c(-c4ccc5c(c4)CC(N)C5)ccc3c2o1. The van der Waals surface area contributed by atoms with E-state index in [1.54, 1.807) is 6.92 Å². The van der Waals surface area contributed by atoms with Crippen LogP contribution in [0, 0.1) is 13.8 Å². The van der Waals surface area contributed by atoms with Crippen molar-refractivity contribution in [2.75, 3.05) is 0 Å². The molecule has 0 spiro atoms. The third-order valence-corrected chi connectivity index (χ3v) is 6.47. The molecule has 2 aliphatic carbocycles. The van der Waals surface area contributed by atoms with E-state index in [1.165, 1.54) is 16.7 Å². The van der Waals surface area contributed by atoms with Crippen molar-refractivity contribution in [3.8, 4) is 11.1 Å². The first-order valence-electron chi connectivity index (χ1n) is 10.3. The summed E-state index contributed by atoms with van der Waals surface area (Å²) in [7, 11) is 0. The molecule has 0 bridgehead atoms. The first-order chi connectivity index (χ1) is 14.0.